The summed E-state index contributed by atoms with van der Waals surface area (Å²) in [7, 11) is 0. The highest BCUT2D eigenvalue weighted by Crippen LogP contribution is 2.20. The van der Waals surface area contributed by atoms with Crippen molar-refractivity contribution < 1.29 is 9.72 Å². The Morgan fingerprint density at radius 1 is 1.14 bits per heavy atom. The van der Waals surface area contributed by atoms with E-state index >= 15 is 0 Å². The van der Waals surface area contributed by atoms with Crippen LogP contribution in [0.25, 0.3) is 0 Å². The first kappa shape index (κ1) is 15.7. The van der Waals surface area contributed by atoms with Crippen LogP contribution in [0.2, 0.25) is 0 Å². The van der Waals surface area contributed by atoms with Crippen molar-refractivity contribution in [2.24, 2.45) is 0 Å². The Bertz CT molecular complexity index is 639. The maximum atomic E-state index is 11.4. The summed E-state index contributed by atoms with van der Waals surface area (Å²) >= 11 is 0. The lowest BCUT2D eigenvalue weighted by Crippen LogP contribution is -2.26. The molecule has 0 radical (unpaired) electrons. The summed E-state index contributed by atoms with van der Waals surface area (Å²) in [5.41, 5.74) is 2.15. The molecule has 0 aliphatic carbocycles. The van der Waals surface area contributed by atoms with Crippen molar-refractivity contribution in [1.29, 1.82) is 0 Å². The van der Waals surface area contributed by atoms with Crippen molar-refractivity contribution in [2.75, 3.05) is 0 Å². The molecule has 22 heavy (non-hydrogen) atoms. The molecule has 2 aromatic rings. The monoisotopic (exact) mass is 298 g/mol. The van der Waals surface area contributed by atoms with E-state index < -0.39 is 4.92 Å². The van der Waals surface area contributed by atoms with Crippen LogP contribution in [0, 0.1) is 10.1 Å². The summed E-state index contributed by atoms with van der Waals surface area (Å²) in [5, 5.41) is 13.6. The van der Waals surface area contributed by atoms with Crippen LogP contribution in [0.4, 0.5) is 5.69 Å². The molecule has 0 bridgehead atoms. The van der Waals surface area contributed by atoms with Gasteiger partial charge in [0.05, 0.1) is 11.0 Å². The maximum Gasteiger partial charge on any atom is 0.269 e. The van der Waals surface area contributed by atoms with Gasteiger partial charge in [-0.1, -0.05) is 42.5 Å². The van der Waals surface area contributed by atoms with Gasteiger partial charge in [0.2, 0.25) is 5.91 Å². The van der Waals surface area contributed by atoms with Crippen LogP contribution in [-0.4, -0.2) is 10.8 Å². The summed E-state index contributed by atoms with van der Waals surface area (Å²) in [4.78, 5) is 21.6. The van der Waals surface area contributed by atoms with Gasteiger partial charge in [-0.05, 0) is 24.0 Å². The standard InChI is InChI=1S/C17H18N2O3/c1-13(20)18-17(15-5-3-2-4-6-15)12-9-14-7-10-16(11-8-14)19(21)22/h2-8,10-11,17H,9,12H2,1H3,(H,18,20)/t17-/m1/s1. The van der Waals surface area contributed by atoms with E-state index in [1.165, 1.54) is 19.1 Å². The Morgan fingerprint density at radius 2 is 1.77 bits per heavy atom. The molecule has 0 aliphatic heterocycles. The molecule has 0 aromatic heterocycles. The molecule has 1 amide bonds. The summed E-state index contributed by atoms with van der Waals surface area (Å²) in [6.45, 7) is 1.50. The second-order valence-corrected chi connectivity index (χ2v) is 5.13. The summed E-state index contributed by atoms with van der Waals surface area (Å²) in [5.74, 6) is -0.0717. The normalized spacial score (nSPS) is 11.7. The zero-order chi connectivity index (χ0) is 15.9. The predicted molar refractivity (Wildman–Crippen MR) is 84.4 cm³/mol. The molecule has 0 aliphatic rings. The van der Waals surface area contributed by atoms with Gasteiger partial charge in [0.15, 0.2) is 0 Å². The van der Waals surface area contributed by atoms with Gasteiger partial charge in [-0.25, -0.2) is 0 Å². The Kier molecular flexibility index (Phi) is 5.25. The van der Waals surface area contributed by atoms with E-state index in [1.54, 1.807) is 12.1 Å². The number of hydrogen-bond acceptors (Lipinski definition) is 3. The average molecular weight is 298 g/mol. The van der Waals surface area contributed by atoms with E-state index in [4.69, 9.17) is 0 Å². The zero-order valence-electron chi connectivity index (χ0n) is 12.4. The van der Waals surface area contributed by atoms with E-state index in [0.29, 0.717) is 0 Å². The van der Waals surface area contributed by atoms with Gasteiger partial charge in [-0.15, -0.1) is 0 Å². The largest absolute Gasteiger partial charge is 0.350 e. The number of rotatable bonds is 6. The highest BCUT2D eigenvalue weighted by atomic mass is 16.6. The van der Waals surface area contributed by atoms with E-state index in [2.05, 4.69) is 5.32 Å². The molecule has 114 valence electrons. The minimum absolute atomic E-state index is 0.0612. The molecular formula is C17H18N2O3. The Labute approximate surface area is 129 Å². The number of nitro benzene ring substituents is 1. The van der Waals surface area contributed by atoms with E-state index in [9.17, 15) is 14.9 Å². The van der Waals surface area contributed by atoms with E-state index in [1.807, 2.05) is 30.3 Å². The number of nitro groups is 1. The number of aryl methyl sites for hydroxylation is 1. The lowest BCUT2D eigenvalue weighted by atomic mass is 9.99. The Hall–Kier alpha value is -2.69. The second kappa shape index (κ2) is 7.36. The van der Waals surface area contributed by atoms with Crippen molar-refractivity contribution in [3.05, 3.63) is 75.8 Å². The molecule has 0 saturated carbocycles. The van der Waals surface area contributed by atoms with Gasteiger partial charge in [-0.3, -0.25) is 14.9 Å². The number of benzene rings is 2. The highest BCUT2D eigenvalue weighted by molar-refractivity contribution is 5.73. The maximum absolute atomic E-state index is 11.4. The molecule has 2 rings (SSSR count). The van der Waals surface area contributed by atoms with Crippen LogP contribution in [0.3, 0.4) is 0 Å². The van der Waals surface area contributed by atoms with Crippen LogP contribution in [0.1, 0.15) is 30.5 Å². The number of carbonyl (C=O) groups excluding carboxylic acids is 1. The number of carbonyl (C=O) groups is 1. The van der Waals surface area contributed by atoms with Gasteiger partial charge in [0, 0.05) is 19.1 Å². The zero-order valence-corrected chi connectivity index (χ0v) is 12.4. The van der Waals surface area contributed by atoms with Crippen molar-refractivity contribution in [2.45, 2.75) is 25.8 Å². The fraction of sp³-hybridized carbons (Fsp3) is 0.235. The van der Waals surface area contributed by atoms with E-state index in [-0.39, 0.29) is 17.6 Å². The Morgan fingerprint density at radius 3 is 2.32 bits per heavy atom. The third kappa shape index (κ3) is 4.41. The minimum atomic E-state index is -0.409. The fourth-order valence-corrected chi connectivity index (χ4v) is 2.35. The molecule has 0 unspecified atom stereocenters. The number of hydrogen-bond donors (Lipinski definition) is 1. The first-order chi connectivity index (χ1) is 10.6. The molecule has 0 saturated heterocycles. The summed E-state index contributed by atoms with van der Waals surface area (Å²) < 4.78 is 0. The van der Waals surface area contributed by atoms with Gasteiger partial charge >= 0.3 is 0 Å². The molecule has 5 nitrogen and oxygen atoms in total. The number of amides is 1. The SMILES string of the molecule is CC(=O)N[C@H](CCc1ccc([N+](=O)[O-])cc1)c1ccccc1. The lowest BCUT2D eigenvalue weighted by molar-refractivity contribution is -0.384. The third-order valence-electron chi connectivity index (χ3n) is 3.45. The Balaban J connectivity index is 2.04. The van der Waals surface area contributed by atoms with Crippen LogP contribution >= 0.6 is 0 Å². The quantitative estimate of drug-likeness (QED) is 0.656. The summed E-state index contributed by atoms with van der Waals surface area (Å²) in [6.07, 6.45) is 1.47. The topological polar surface area (TPSA) is 72.2 Å². The molecular weight excluding hydrogens is 280 g/mol. The van der Waals surface area contributed by atoms with Crippen molar-refractivity contribution >= 4 is 11.6 Å². The van der Waals surface area contributed by atoms with Gasteiger partial charge in [-0.2, -0.15) is 0 Å². The molecule has 0 spiro atoms. The number of non-ortho nitro benzene ring substituents is 1. The second-order valence-electron chi connectivity index (χ2n) is 5.13. The van der Waals surface area contributed by atoms with Crippen LogP contribution in [-0.2, 0) is 11.2 Å². The average Bonchev–Trinajstić information content (AvgIpc) is 2.52. The fourth-order valence-electron chi connectivity index (χ4n) is 2.35. The molecule has 1 atom stereocenters. The van der Waals surface area contributed by atoms with Crippen molar-refractivity contribution in [3.8, 4) is 0 Å². The predicted octanol–water partition coefficient (Wildman–Crippen LogP) is 3.40. The minimum Gasteiger partial charge on any atom is -0.350 e. The van der Waals surface area contributed by atoms with Crippen LogP contribution in [0.5, 0.6) is 0 Å². The smallest absolute Gasteiger partial charge is 0.269 e. The summed E-state index contributed by atoms with van der Waals surface area (Å²) in [6, 6.07) is 16.2. The van der Waals surface area contributed by atoms with Gasteiger partial charge in [0.25, 0.3) is 5.69 Å². The molecule has 2 aromatic carbocycles. The van der Waals surface area contributed by atoms with Gasteiger partial charge in [0.1, 0.15) is 0 Å². The van der Waals surface area contributed by atoms with Gasteiger partial charge < -0.3 is 5.32 Å². The van der Waals surface area contributed by atoms with Crippen molar-refractivity contribution in [3.63, 3.8) is 0 Å². The first-order valence-corrected chi connectivity index (χ1v) is 7.11. The van der Waals surface area contributed by atoms with Crippen LogP contribution in [0.15, 0.2) is 54.6 Å². The molecule has 0 heterocycles. The number of nitrogens with one attached hydrogen (secondary N) is 1. The molecule has 5 heteroatoms. The number of nitrogens with zero attached hydrogens (tertiary/aromatic N) is 1. The van der Waals surface area contributed by atoms with Crippen molar-refractivity contribution in [1.82, 2.24) is 5.32 Å². The molecule has 0 fully saturated rings. The highest BCUT2D eigenvalue weighted by Gasteiger charge is 2.13. The van der Waals surface area contributed by atoms with E-state index in [0.717, 1.165) is 24.0 Å². The lowest BCUT2D eigenvalue weighted by Gasteiger charge is -2.18. The first-order valence-electron chi connectivity index (χ1n) is 7.11. The third-order valence-corrected chi connectivity index (χ3v) is 3.45. The molecule has 1 N–H and O–H groups in total. The van der Waals surface area contributed by atoms with Crippen LogP contribution < -0.4 is 5.32 Å².